The number of fused-ring (bicyclic) bond motifs is 4. The molecule has 3 nitrogen and oxygen atoms in total. The predicted molar refractivity (Wildman–Crippen MR) is 130 cm³/mol. The molecule has 5 aromatic rings. The first-order chi connectivity index (χ1) is 15.1. The van der Waals surface area contributed by atoms with Crippen molar-refractivity contribution < 1.29 is 28.9 Å². The Labute approximate surface area is 205 Å². The SMILES string of the molecule is Cc1cc2c(cc1N1c3ccccc3[NH+](C)C1C)c1ccccc1n2-c1ccccc1.[I-]. The molecule has 2 unspecified atom stereocenters. The van der Waals surface area contributed by atoms with Gasteiger partial charge in [0.05, 0.1) is 23.8 Å². The van der Waals surface area contributed by atoms with Crippen LogP contribution in [0.25, 0.3) is 27.5 Å². The predicted octanol–water partition coefficient (Wildman–Crippen LogP) is 2.74. The molecule has 1 aliphatic heterocycles. The highest BCUT2D eigenvalue weighted by molar-refractivity contribution is 6.11. The van der Waals surface area contributed by atoms with Crippen molar-refractivity contribution in [1.29, 1.82) is 0 Å². The van der Waals surface area contributed by atoms with E-state index >= 15 is 0 Å². The van der Waals surface area contributed by atoms with Crippen molar-refractivity contribution in [2.75, 3.05) is 11.9 Å². The van der Waals surface area contributed by atoms with E-state index in [2.05, 4.69) is 121 Å². The van der Waals surface area contributed by atoms with Crippen LogP contribution in [0.15, 0.2) is 91.0 Å². The third-order valence-corrected chi connectivity index (χ3v) is 6.87. The number of anilines is 2. The van der Waals surface area contributed by atoms with Crippen molar-refractivity contribution in [3.8, 4) is 5.69 Å². The van der Waals surface area contributed by atoms with Crippen LogP contribution in [-0.4, -0.2) is 17.8 Å². The maximum Gasteiger partial charge on any atom is 0.169 e. The number of aryl methyl sites for hydroxylation is 1. The van der Waals surface area contributed by atoms with Gasteiger partial charge in [-0.1, -0.05) is 48.5 Å². The molecule has 1 aromatic heterocycles. The summed E-state index contributed by atoms with van der Waals surface area (Å²) in [6.45, 7) is 4.55. The zero-order chi connectivity index (χ0) is 21.1. The van der Waals surface area contributed by atoms with E-state index in [-0.39, 0.29) is 24.0 Å². The van der Waals surface area contributed by atoms with Gasteiger partial charge >= 0.3 is 0 Å². The molecule has 0 saturated carbocycles. The first-order valence-corrected chi connectivity index (χ1v) is 11.0. The summed E-state index contributed by atoms with van der Waals surface area (Å²) in [6, 6.07) is 33.0. The van der Waals surface area contributed by atoms with Gasteiger partial charge in [0.15, 0.2) is 11.9 Å². The number of para-hydroxylation sites is 4. The van der Waals surface area contributed by atoms with E-state index in [4.69, 9.17) is 0 Å². The van der Waals surface area contributed by atoms with Crippen LogP contribution < -0.4 is 33.8 Å². The molecule has 1 aliphatic rings. The number of nitrogens with one attached hydrogen (secondary N) is 1. The molecular formula is C28H26IN3. The number of halogens is 1. The van der Waals surface area contributed by atoms with Crippen LogP contribution in [0.5, 0.6) is 0 Å². The van der Waals surface area contributed by atoms with E-state index in [0.29, 0.717) is 6.17 Å². The molecule has 6 rings (SSSR count). The molecule has 160 valence electrons. The van der Waals surface area contributed by atoms with Crippen molar-refractivity contribution in [2.45, 2.75) is 20.0 Å². The van der Waals surface area contributed by atoms with Gasteiger partial charge in [0.1, 0.15) is 5.69 Å². The van der Waals surface area contributed by atoms with Crippen molar-refractivity contribution >= 4 is 38.9 Å². The topological polar surface area (TPSA) is 12.6 Å². The summed E-state index contributed by atoms with van der Waals surface area (Å²) >= 11 is 0. The van der Waals surface area contributed by atoms with Gasteiger partial charge in [-0.05, 0) is 48.9 Å². The summed E-state index contributed by atoms with van der Waals surface area (Å²) < 4.78 is 2.39. The Hall–Kier alpha value is -2.83. The number of hydrogen-bond donors (Lipinski definition) is 1. The smallest absolute Gasteiger partial charge is 0.169 e. The fourth-order valence-electron chi connectivity index (χ4n) is 5.21. The molecule has 0 spiro atoms. The Morgan fingerprint density at radius 1 is 0.719 bits per heavy atom. The lowest BCUT2D eigenvalue weighted by Crippen LogP contribution is -3.07. The molecule has 0 fully saturated rings. The fraction of sp³-hybridized carbons (Fsp3) is 0.143. The molecule has 0 bridgehead atoms. The van der Waals surface area contributed by atoms with Gasteiger partial charge in [0, 0.05) is 29.4 Å². The van der Waals surface area contributed by atoms with Crippen LogP contribution in [0.2, 0.25) is 0 Å². The zero-order valence-electron chi connectivity index (χ0n) is 18.5. The standard InChI is InChI=1S/C28H25N3.HI/c1-19-17-28-23(18-27(19)30-20(2)29(3)25-15-9-10-16-26(25)30)22-13-7-8-14-24(22)31(28)21-11-5-4-6-12-21;/h4-18,20H,1-3H3;1H. The van der Waals surface area contributed by atoms with Crippen LogP contribution in [-0.2, 0) is 0 Å². The van der Waals surface area contributed by atoms with Crippen LogP contribution in [0.1, 0.15) is 12.5 Å². The highest BCUT2D eigenvalue weighted by atomic mass is 127. The first kappa shape index (κ1) is 21.0. The first-order valence-electron chi connectivity index (χ1n) is 11.0. The van der Waals surface area contributed by atoms with Gasteiger partial charge in [-0.15, -0.1) is 0 Å². The third-order valence-electron chi connectivity index (χ3n) is 6.87. The van der Waals surface area contributed by atoms with Crippen LogP contribution >= 0.6 is 0 Å². The van der Waals surface area contributed by atoms with Crippen molar-refractivity contribution in [2.24, 2.45) is 0 Å². The Morgan fingerprint density at radius 3 is 2.22 bits per heavy atom. The molecule has 2 heterocycles. The number of benzene rings is 4. The largest absolute Gasteiger partial charge is 1.00 e. The van der Waals surface area contributed by atoms with E-state index in [1.54, 1.807) is 0 Å². The second-order valence-corrected chi connectivity index (χ2v) is 8.59. The normalized spacial score (nSPS) is 17.5. The average molecular weight is 531 g/mol. The van der Waals surface area contributed by atoms with Crippen molar-refractivity contribution in [3.63, 3.8) is 0 Å². The maximum atomic E-state index is 2.51. The van der Waals surface area contributed by atoms with Crippen LogP contribution in [0.4, 0.5) is 17.1 Å². The molecule has 0 radical (unpaired) electrons. The molecule has 0 saturated heterocycles. The molecule has 2 atom stereocenters. The van der Waals surface area contributed by atoms with E-state index < -0.39 is 0 Å². The minimum absolute atomic E-state index is 0. The van der Waals surface area contributed by atoms with E-state index in [1.807, 2.05) is 0 Å². The number of nitrogens with zero attached hydrogens (tertiary/aromatic N) is 2. The highest BCUT2D eigenvalue weighted by Crippen LogP contribution is 2.41. The lowest BCUT2D eigenvalue weighted by molar-refractivity contribution is -0.828. The maximum absolute atomic E-state index is 2.51. The lowest BCUT2D eigenvalue weighted by atomic mass is 10.1. The van der Waals surface area contributed by atoms with Gasteiger partial charge in [0.2, 0.25) is 0 Å². The molecule has 4 aromatic carbocycles. The second kappa shape index (κ2) is 7.94. The van der Waals surface area contributed by atoms with Crippen LogP contribution in [0, 0.1) is 6.92 Å². The van der Waals surface area contributed by atoms with Crippen LogP contribution in [0.3, 0.4) is 0 Å². The molecular weight excluding hydrogens is 505 g/mol. The quantitative estimate of drug-likeness (QED) is 0.346. The molecule has 32 heavy (non-hydrogen) atoms. The van der Waals surface area contributed by atoms with Gasteiger partial charge < -0.3 is 28.5 Å². The summed E-state index contributed by atoms with van der Waals surface area (Å²) in [4.78, 5) is 3.94. The summed E-state index contributed by atoms with van der Waals surface area (Å²) in [7, 11) is 2.26. The Balaban J connectivity index is 0.00000216. The van der Waals surface area contributed by atoms with Gasteiger partial charge in [-0.2, -0.15) is 0 Å². The average Bonchev–Trinajstić information content (AvgIpc) is 3.25. The Bertz CT molecular complexity index is 1440. The van der Waals surface area contributed by atoms with Gasteiger partial charge in [0.25, 0.3) is 0 Å². The number of hydrogen-bond acceptors (Lipinski definition) is 1. The molecule has 4 heteroatoms. The van der Waals surface area contributed by atoms with E-state index in [0.717, 1.165) is 0 Å². The lowest BCUT2D eigenvalue weighted by Gasteiger charge is -2.25. The van der Waals surface area contributed by atoms with E-state index in [9.17, 15) is 0 Å². The summed E-state index contributed by atoms with van der Waals surface area (Å²) in [5.41, 5.74) is 8.96. The Morgan fingerprint density at radius 2 is 1.41 bits per heavy atom. The number of aromatic nitrogens is 1. The monoisotopic (exact) mass is 531 g/mol. The summed E-state index contributed by atoms with van der Waals surface area (Å²) in [5.74, 6) is 0. The Kier molecular flexibility index (Phi) is 5.22. The second-order valence-electron chi connectivity index (χ2n) is 8.59. The van der Waals surface area contributed by atoms with Crippen molar-refractivity contribution in [1.82, 2.24) is 4.57 Å². The minimum atomic E-state index is 0. The highest BCUT2D eigenvalue weighted by Gasteiger charge is 2.36. The van der Waals surface area contributed by atoms with Crippen molar-refractivity contribution in [3.05, 3.63) is 96.6 Å². The molecule has 1 N–H and O–H groups in total. The summed E-state index contributed by atoms with van der Waals surface area (Å²) in [6.07, 6.45) is 0.344. The fourth-order valence-corrected chi connectivity index (χ4v) is 5.21. The van der Waals surface area contributed by atoms with Gasteiger partial charge in [-0.3, -0.25) is 9.80 Å². The van der Waals surface area contributed by atoms with E-state index in [1.165, 1.54) is 55.0 Å². The number of quaternary nitrogens is 1. The number of rotatable bonds is 2. The molecule has 0 aliphatic carbocycles. The summed E-state index contributed by atoms with van der Waals surface area (Å²) in [5, 5.41) is 2.60. The molecule has 0 amide bonds. The zero-order valence-corrected chi connectivity index (χ0v) is 20.7. The van der Waals surface area contributed by atoms with Gasteiger partial charge in [-0.25, -0.2) is 0 Å². The third kappa shape index (κ3) is 2.97. The minimum Gasteiger partial charge on any atom is -1.00 e.